The van der Waals surface area contributed by atoms with Crippen molar-refractivity contribution < 1.29 is 9.32 Å². The molecule has 1 fully saturated rings. The van der Waals surface area contributed by atoms with Crippen molar-refractivity contribution in [1.29, 1.82) is 0 Å². The number of hydrogen-bond acceptors (Lipinski definition) is 5. The van der Waals surface area contributed by atoms with Crippen molar-refractivity contribution in [2.24, 2.45) is 5.92 Å². The first-order chi connectivity index (χ1) is 14.7. The van der Waals surface area contributed by atoms with E-state index in [0.717, 1.165) is 44.5 Å². The number of nitrogens with zero attached hydrogens (tertiary/aromatic N) is 3. The highest BCUT2D eigenvalue weighted by Gasteiger charge is 2.26. The standard InChI is InChI=1S/C23H29ClN4O2/c24-20-9-5-4-8-19(20)22-26-21(30-27-22)16-28-14-11-18(12-15-28)23(29)25-13-10-17-6-2-1-3-7-17/h4-6,8-9,18H,1-3,7,10-16H2,(H,25,29). The summed E-state index contributed by atoms with van der Waals surface area (Å²) in [7, 11) is 0. The topological polar surface area (TPSA) is 71.3 Å². The second-order valence-electron chi connectivity index (χ2n) is 8.19. The lowest BCUT2D eigenvalue weighted by Gasteiger charge is -2.30. The second-order valence-corrected chi connectivity index (χ2v) is 8.60. The van der Waals surface area contributed by atoms with Gasteiger partial charge in [0.15, 0.2) is 0 Å². The first-order valence-corrected chi connectivity index (χ1v) is 11.3. The number of nitrogens with one attached hydrogen (secondary N) is 1. The molecule has 0 bridgehead atoms. The number of rotatable bonds is 7. The summed E-state index contributed by atoms with van der Waals surface area (Å²) >= 11 is 6.21. The van der Waals surface area contributed by atoms with Crippen LogP contribution in [0.25, 0.3) is 11.4 Å². The van der Waals surface area contributed by atoms with E-state index in [0.29, 0.717) is 23.3 Å². The van der Waals surface area contributed by atoms with E-state index in [9.17, 15) is 4.79 Å². The van der Waals surface area contributed by atoms with Gasteiger partial charge in [-0.05, 0) is 70.2 Å². The zero-order valence-corrected chi connectivity index (χ0v) is 18.0. The minimum absolute atomic E-state index is 0.1000. The van der Waals surface area contributed by atoms with Crippen LogP contribution < -0.4 is 5.32 Å². The lowest BCUT2D eigenvalue weighted by atomic mass is 9.95. The molecule has 0 saturated carbocycles. The van der Waals surface area contributed by atoms with Gasteiger partial charge in [0.2, 0.25) is 17.6 Å². The van der Waals surface area contributed by atoms with Crippen molar-refractivity contribution in [3.05, 3.63) is 46.8 Å². The van der Waals surface area contributed by atoms with Crippen molar-refractivity contribution in [2.45, 2.75) is 51.5 Å². The van der Waals surface area contributed by atoms with Crippen molar-refractivity contribution >= 4 is 17.5 Å². The summed E-state index contributed by atoms with van der Waals surface area (Å²) in [6.07, 6.45) is 10.1. The molecular formula is C23H29ClN4O2. The SMILES string of the molecule is O=C(NCCC1=CCCCC1)C1CCN(Cc2nc(-c3ccccc3Cl)no2)CC1. The van der Waals surface area contributed by atoms with E-state index in [1.807, 2.05) is 24.3 Å². The highest BCUT2D eigenvalue weighted by Crippen LogP contribution is 2.26. The Kier molecular flexibility index (Phi) is 7.18. The van der Waals surface area contributed by atoms with Crippen molar-refractivity contribution in [2.75, 3.05) is 19.6 Å². The van der Waals surface area contributed by atoms with Gasteiger partial charge in [0, 0.05) is 18.0 Å². The van der Waals surface area contributed by atoms with Crippen LogP contribution in [0.5, 0.6) is 0 Å². The number of halogens is 1. The van der Waals surface area contributed by atoms with Gasteiger partial charge >= 0.3 is 0 Å². The lowest BCUT2D eigenvalue weighted by Crippen LogP contribution is -2.40. The average molecular weight is 429 g/mol. The van der Waals surface area contributed by atoms with Crippen molar-refractivity contribution in [3.63, 3.8) is 0 Å². The summed E-state index contributed by atoms with van der Waals surface area (Å²) in [5.74, 6) is 1.39. The predicted molar refractivity (Wildman–Crippen MR) is 117 cm³/mol. The Bertz CT molecular complexity index is 887. The smallest absolute Gasteiger partial charge is 0.241 e. The van der Waals surface area contributed by atoms with Crippen LogP contribution in [0.3, 0.4) is 0 Å². The molecule has 6 nitrogen and oxygen atoms in total. The second kappa shape index (κ2) is 10.2. The molecule has 2 aliphatic rings. The fourth-order valence-electron chi connectivity index (χ4n) is 4.24. The molecule has 0 spiro atoms. The molecule has 0 unspecified atom stereocenters. The molecule has 1 N–H and O–H groups in total. The van der Waals surface area contributed by atoms with Gasteiger partial charge in [-0.1, -0.05) is 40.5 Å². The Hall–Kier alpha value is -2.18. The molecule has 160 valence electrons. The number of benzene rings is 1. The molecule has 4 rings (SSSR count). The fraction of sp³-hybridized carbons (Fsp3) is 0.522. The molecule has 2 aromatic rings. The van der Waals surface area contributed by atoms with E-state index >= 15 is 0 Å². The molecule has 1 aromatic carbocycles. The van der Waals surface area contributed by atoms with Crippen LogP contribution in [0.15, 0.2) is 40.4 Å². The highest BCUT2D eigenvalue weighted by molar-refractivity contribution is 6.33. The summed E-state index contributed by atoms with van der Waals surface area (Å²) in [5, 5.41) is 7.81. The molecule has 2 heterocycles. The molecule has 7 heteroatoms. The largest absolute Gasteiger partial charge is 0.356 e. The first kappa shape index (κ1) is 21.1. The van der Waals surface area contributed by atoms with Gasteiger partial charge in [0.05, 0.1) is 11.6 Å². The normalized spacial score (nSPS) is 18.2. The Balaban J connectivity index is 1.21. The summed E-state index contributed by atoms with van der Waals surface area (Å²) in [4.78, 5) is 19.2. The summed E-state index contributed by atoms with van der Waals surface area (Å²) in [6.45, 7) is 3.07. The molecular weight excluding hydrogens is 400 g/mol. The minimum atomic E-state index is 0.1000. The van der Waals surface area contributed by atoms with Crippen LogP contribution in [0, 0.1) is 5.92 Å². The molecule has 0 atom stereocenters. The zero-order chi connectivity index (χ0) is 20.8. The van der Waals surface area contributed by atoms with Crippen LogP contribution in [0.1, 0.15) is 50.8 Å². The molecule has 1 aromatic heterocycles. The maximum atomic E-state index is 12.5. The van der Waals surface area contributed by atoms with Crippen LogP contribution in [0.2, 0.25) is 5.02 Å². The highest BCUT2D eigenvalue weighted by atomic mass is 35.5. The maximum absolute atomic E-state index is 12.5. The van der Waals surface area contributed by atoms with Gasteiger partial charge in [-0.25, -0.2) is 0 Å². The predicted octanol–water partition coefficient (Wildman–Crippen LogP) is 4.61. The molecule has 1 aliphatic heterocycles. The Morgan fingerprint density at radius 1 is 1.23 bits per heavy atom. The van der Waals surface area contributed by atoms with Crippen molar-refractivity contribution in [1.82, 2.24) is 20.4 Å². The van der Waals surface area contributed by atoms with Crippen LogP contribution in [-0.4, -0.2) is 40.6 Å². The number of likely N-dealkylation sites (tertiary alicyclic amines) is 1. The third-order valence-corrected chi connectivity index (χ3v) is 6.36. The number of carbonyl (C=O) groups excluding carboxylic acids is 1. The van der Waals surface area contributed by atoms with E-state index in [1.54, 1.807) is 0 Å². The number of aromatic nitrogens is 2. The average Bonchev–Trinajstić information content (AvgIpc) is 3.23. The van der Waals surface area contributed by atoms with Crippen LogP contribution in [0.4, 0.5) is 0 Å². The van der Waals surface area contributed by atoms with Crippen LogP contribution >= 0.6 is 11.6 Å². The van der Waals surface area contributed by atoms with Crippen LogP contribution in [-0.2, 0) is 11.3 Å². The van der Waals surface area contributed by atoms with Gasteiger partial charge in [-0.2, -0.15) is 4.98 Å². The first-order valence-electron chi connectivity index (χ1n) is 10.9. The van der Waals surface area contributed by atoms with E-state index in [-0.39, 0.29) is 11.8 Å². The maximum Gasteiger partial charge on any atom is 0.241 e. The third kappa shape index (κ3) is 5.49. The number of carbonyl (C=O) groups is 1. The Labute approximate surface area is 182 Å². The van der Waals surface area contributed by atoms with Gasteiger partial charge in [-0.3, -0.25) is 9.69 Å². The number of amides is 1. The monoisotopic (exact) mass is 428 g/mol. The van der Waals surface area contributed by atoms with Crippen molar-refractivity contribution in [3.8, 4) is 11.4 Å². The van der Waals surface area contributed by atoms with E-state index in [4.69, 9.17) is 16.1 Å². The number of piperidine rings is 1. The molecule has 30 heavy (non-hydrogen) atoms. The lowest BCUT2D eigenvalue weighted by molar-refractivity contribution is -0.126. The Morgan fingerprint density at radius 2 is 2.07 bits per heavy atom. The molecule has 1 aliphatic carbocycles. The number of hydrogen-bond donors (Lipinski definition) is 1. The summed E-state index contributed by atoms with van der Waals surface area (Å²) in [5.41, 5.74) is 2.28. The Morgan fingerprint density at radius 3 is 2.83 bits per heavy atom. The van der Waals surface area contributed by atoms with Gasteiger partial charge in [-0.15, -0.1) is 0 Å². The molecule has 1 saturated heterocycles. The molecule has 1 amide bonds. The fourth-order valence-corrected chi connectivity index (χ4v) is 4.46. The van der Waals surface area contributed by atoms with Gasteiger partial charge in [0.25, 0.3) is 0 Å². The minimum Gasteiger partial charge on any atom is -0.356 e. The van der Waals surface area contributed by atoms with E-state index < -0.39 is 0 Å². The number of allylic oxidation sites excluding steroid dienone is 1. The summed E-state index contributed by atoms with van der Waals surface area (Å²) in [6, 6.07) is 7.47. The van der Waals surface area contributed by atoms with E-state index in [1.165, 1.54) is 31.3 Å². The third-order valence-electron chi connectivity index (χ3n) is 6.03. The van der Waals surface area contributed by atoms with E-state index in [2.05, 4.69) is 26.4 Å². The molecule has 0 radical (unpaired) electrons. The quantitative estimate of drug-likeness (QED) is 0.652. The van der Waals surface area contributed by atoms with Gasteiger partial charge < -0.3 is 9.84 Å². The summed E-state index contributed by atoms with van der Waals surface area (Å²) < 4.78 is 5.42. The zero-order valence-electron chi connectivity index (χ0n) is 17.3. The van der Waals surface area contributed by atoms with Gasteiger partial charge in [0.1, 0.15) is 0 Å².